The molecule has 0 aliphatic carbocycles. The van der Waals surface area contributed by atoms with Gasteiger partial charge in [-0.25, -0.2) is 0 Å². The van der Waals surface area contributed by atoms with Crippen molar-refractivity contribution in [3.05, 3.63) is 47.3 Å². The van der Waals surface area contributed by atoms with Crippen molar-refractivity contribution in [2.75, 3.05) is 7.11 Å². The van der Waals surface area contributed by atoms with Crippen molar-refractivity contribution in [1.82, 2.24) is 9.78 Å². The van der Waals surface area contributed by atoms with Crippen molar-refractivity contribution in [1.29, 1.82) is 0 Å². The van der Waals surface area contributed by atoms with Gasteiger partial charge in [0, 0.05) is 18.8 Å². The molecule has 5 nitrogen and oxygen atoms in total. The van der Waals surface area contributed by atoms with E-state index >= 15 is 0 Å². The van der Waals surface area contributed by atoms with E-state index in [1.807, 2.05) is 0 Å². The van der Waals surface area contributed by atoms with Crippen LogP contribution in [0.1, 0.15) is 32.8 Å². The maximum atomic E-state index is 12.1. The zero-order valence-electron chi connectivity index (χ0n) is 11.7. The molecule has 0 atom stereocenters. The molecule has 0 aliphatic rings. The van der Waals surface area contributed by atoms with Gasteiger partial charge in [-0.2, -0.15) is 5.10 Å². The molecule has 0 amide bonds. The average Bonchev–Trinajstić information content (AvgIpc) is 2.77. The van der Waals surface area contributed by atoms with Crippen LogP contribution in [0.2, 0.25) is 0 Å². The van der Waals surface area contributed by atoms with Crippen molar-refractivity contribution < 1.29 is 14.3 Å². The second-order valence-electron chi connectivity index (χ2n) is 4.56. The highest BCUT2D eigenvalue weighted by atomic mass is 16.5. The van der Waals surface area contributed by atoms with Gasteiger partial charge >= 0.3 is 0 Å². The van der Waals surface area contributed by atoms with Gasteiger partial charge in [-0.3, -0.25) is 14.3 Å². The van der Waals surface area contributed by atoms with Crippen LogP contribution in [0, 0.1) is 6.92 Å². The molecule has 0 radical (unpaired) electrons. The highest BCUT2D eigenvalue weighted by Gasteiger charge is 2.17. The smallest absolute Gasteiger partial charge is 0.174 e. The van der Waals surface area contributed by atoms with Crippen LogP contribution < -0.4 is 4.74 Å². The van der Waals surface area contributed by atoms with Crippen LogP contribution in [0.15, 0.2) is 30.5 Å². The molecule has 0 aliphatic heterocycles. The molecule has 1 aromatic carbocycles. The molecule has 2 rings (SSSR count). The lowest BCUT2D eigenvalue weighted by Gasteiger charge is -2.03. The van der Waals surface area contributed by atoms with Gasteiger partial charge in [-0.1, -0.05) is 12.1 Å². The van der Waals surface area contributed by atoms with Crippen LogP contribution in [-0.4, -0.2) is 28.5 Å². The van der Waals surface area contributed by atoms with E-state index in [1.165, 1.54) is 7.11 Å². The second-order valence-corrected chi connectivity index (χ2v) is 4.56. The number of carbonyl (C=O) groups is 2. The van der Waals surface area contributed by atoms with E-state index in [-0.39, 0.29) is 18.0 Å². The van der Waals surface area contributed by atoms with E-state index in [0.717, 1.165) is 0 Å². The second kappa shape index (κ2) is 5.69. The lowest BCUT2D eigenvalue weighted by Crippen LogP contribution is -2.09. The van der Waals surface area contributed by atoms with Crippen LogP contribution in [0.3, 0.4) is 0 Å². The predicted molar refractivity (Wildman–Crippen MR) is 74.2 cm³/mol. The van der Waals surface area contributed by atoms with Crippen LogP contribution in [0.5, 0.6) is 5.75 Å². The molecule has 0 fully saturated rings. The first-order chi connectivity index (χ1) is 9.51. The number of carbonyl (C=O) groups excluding carboxylic acids is 2. The Morgan fingerprint density at radius 2 is 2.05 bits per heavy atom. The highest BCUT2D eigenvalue weighted by Crippen LogP contribution is 2.16. The zero-order valence-corrected chi connectivity index (χ0v) is 11.7. The van der Waals surface area contributed by atoms with Crippen molar-refractivity contribution in [3.63, 3.8) is 0 Å². The predicted octanol–water partition coefficient (Wildman–Crippen LogP) is 2.19. The summed E-state index contributed by atoms with van der Waals surface area (Å²) >= 11 is 0. The summed E-state index contributed by atoms with van der Waals surface area (Å²) in [5, 5.41) is 4.10. The first kappa shape index (κ1) is 14.0. The molecule has 0 spiro atoms. The van der Waals surface area contributed by atoms with Crippen molar-refractivity contribution >= 4 is 11.6 Å². The topological polar surface area (TPSA) is 61.2 Å². The normalized spacial score (nSPS) is 10.3. The number of ketones is 2. The Kier molecular flexibility index (Phi) is 3.98. The molecule has 2 aromatic rings. The summed E-state index contributed by atoms with van der Waals surface area (Å²) in [7, 11) is 3.28. The summed E-state index contributed by atoms with van der Waals surface area (Å²) in [6.07, 6.45) is 1.47. The van der Waals surface area contributed by atoms with Gasteiger partial charge in [-0.05, 0) is 19.1 Å². The minimum Gasteiger partial charge on any atom is -0.497 e. The van der Waals surface area contributed by atoms with Crippen molar-refractivity contribution in [3.8, 4) is 5.75 Å². The molecular formula is C15H16N2O3. The molecule has 20 heavy (non-hydrogen) atoms. The van der Waals surface area contributed by atoms with Crippen molar-refractivity contribution in [2.24, 2.45) is 7.05 Å². The van der Waals surface area contributed by atoms with E-state index in [0.29, 0.717) is 22.6 Å². The Bertz CT molecular complexity index is 659. The third kappa shape index (κ3) is 2.93. The fraction of sp³-hybridized carbons (Fsp3) is 0.267. The number of ether oxygens (including phenoxy) is 1. The van der Waals surface area contributed by atoms with Crippen LogP contribution in [-0.2, 0) is 7.05 Å². The lowest BCUT2D eigenvalue weighted by molar-refractivity contribution is 0.0893. The Labute approximate surface area is 117 Å². The number of Topliss-reactive ketones (excluding diaryl/α,β-unsaturated/α-hetero) is 2. The summed E-state index contributed by atoms with van der Waals surface area (Å²) < 4.78 is 6.63. The van der Waals surface area contributed by atoms with Gasteiger partial charge in [0.2, 0.25) is 0 Å². The summed E-state index contributed by atoms with van der Waals surface area (Å²) in [6, 6.07) is 6.79. The van der Waals surface area contributed by atoms with Gasteiger partial charge in [-0.15, -0.1) is 0 Å². The molecule has 1 aromatic heterocycles. The summed E-state index contributed by atoms with van der Waals surface area (Å²) in [4.78, 5) is 24.2. The number of nitrogens with zero attached hydrogens (tertiary/aromatic N) is 2. The van der Waals surface area contributed by atoms with Gasteiger partial charge in [0.25, 0.3) is 0 Å². The Morgan fingerprint density at radius 3 is 2.65 bits per heavy atom. The lowest BCUT2D eigenvalue weighted by atomic mass is 10.0. The van der Waals surface area contributed by atoms with Crippen molar-refractivity contribution in [2.45, 2.75) is 13.3 Å². The molecule has 0 saturated carbocycles. The van der Waals surface area contributed by atoms with Gasteiger partial charge in [0.05, 0.1) is 24.8 Å². The number of benzene rings is 1. The van der Waals surface area contributed by atoms with Crippen LogP contribution in [0.25, 0.3) is 0 Å². The molecule has 0 unspecified atom stereocenters. The molecule has 1 heterocycles. The third-order valence-electron chi connectivity index (χ3n) is 3.03. The van der Waals surface area contributed by atoms with E-state index in [2.05, 4.69) is 5.10 Å². The fourth-order valence-electron chi connectivity index (χ4n) is 2.01. The number of aromatic nitrogens is 2. The van der Waals surface area contributed by atoms with Crippen LogP contribution >= 0.6 is 0 Å². The monoisotopic (exact) mass is 272 g/mol. The number of methoxy groups -OCH3 is 1. The number of hydrogen-bond acceptors (Lipinski definition) is 4. The summed E-state index contributed by atoms with van der Waals surface area (Å²) in [5.41, 5.74) is 1.60. The Balaban J connectivity index is 2.15. The fourth-order valence-corrected chi connectivity index (χ4v) is 2.01. The van der Waals surface area contributed by atoms with E-state index in [9.17, 15) is 9.59 Å². The summed E-state index contributed by atoms with van der Waals surface area (Å²) in [5.74, 6) is 0.154. The van der Waals surface area contributed by atoms with Gasteiger partial charge in [0.1, 0.15) is 5.75 Å². The standard InChI is InChI=1S/C15H16N2O3/c1-10-13(9-17(2)16-10)15(19)8-14(18)11-5-4-6-12(7-11)20-3/h4-7,9H,8H2,1-3H3. The molecule has 0 bridgehead atoms. The number of hydrogen-bond donors (Lipinski definition) is 0. The summed E-state index contributed by atoms with van der Waals surface area (Å²) in [6.45, 7) is 1.75. The zero-order chi connectivity index (χ0) is 14.7. The Hall–Kier alpha value is -2.43. The number of aryl methyl sites for hydroxylation is 2. The maximum Gasteiger partial charge on any atom is 0.174 e. The molecule has 0 N–H and O–H groups in total. The van der Waals surface area contributed by atoms with Gasteiger partial charge in [0.15, 0.2) is 11.6 Å². The number of rotatable bonds is 5. The van der Waals surface area contributed by atoms with Crippen LogP contribution in [0.4, 0.5) is 0 Å². The largest absolute Gasteiger partial charge is 0.497 e. The SMILES string of the molecule is COc1cccc(C(=O)CC(=O)c2cn(C)nc2C)c1. The van der Waals surface area contributed by atoms with E-state index < -0.39 is 0 Å². The minimum absolute atomic E-state index is 0.167. The van der Waals surface area contributed by atoms with E-state index in [4.69, 9.17) is 4.74 Å². The first-order valence-corrected chi connectivity index (χ1v) is 6.22. The first-order valence-electron chi connectivity index (χ1n) is 6.22. The third-order valence-corrected chi connectivity index (χ3v) is 3.03. The quantitative estimate of drug-likeness (QED) is 0.618. The Morgan fingerprint density at radius 1 is 1.30 bits per heavy atom. The highest BCUT2D eigenvalue weighted by molar-refractivity contribution is 6.13. The molecular weight excluding hydrogens is 256 g/mol. The molecule has 0 saturated heterocycles. The minimum atomic E-state index is -0.225. The maximum absolute atomic E-state index is 12.1. The molecule has 5 heteroatoms. The van der Waals surface area contributed by atoms with E-state index in [1.54, 1.807) is 49.1 Å². The van der Waals surface area contributed by atoms with Gasteiger partial charge < -0.3 is 4.74 Å². The molecule has 104 valence electrons. The average molecular weight is 272 g/mol.